The van der Waals surface area contributed by atoms with Crippen molar-refractivity contribution >= 4 is 10.1 Å². The molecule has 0 aliphatic rings. The van der Waals surface area contributed by atoms with Crippen LogP contribution in [0.5, 0.6) is 0 Å². The summed E-state index contributed by atoms with van der Waals surface area (Å²) in [6.45, 7) is 11.6. The van der Waals surface area contributed by atoms with Crippen LogP contribution < -0.4 is 0 Å². The zero-order valence-corrected chi connectivity index (χ0v) is 28.0. The number of hydrogen-bond donors (Lipinski definition) is 0. The van der Waals surface area contributed by atoms with Crippen LogP contribution in [-0.2, 0) is 34.6 Å². The van der Waals surface area contributed by atoms with Gasteiger partial charge in [-0.1, -0.05) is 4.89 Å². The molecular weight excluding hydrogens is 685 g/mol. The summed E-state index contributed by atoms with van der Waals surface area (Å²) >= 11 is -0.545. The molecule has 2 aromatic rings. The Hall–Kier alpha value is -1.91. The predicted octanol–water partition coefficient (Wildman–Crippen LogP) is 10.5. The molecule has 0 amide bonds. The van der Waals surface area contributed by atoms with E-state index in [0.29, 0.717) is 5.92 Å². The Morgan fingerprint density at radius 3 is 1.80 bits per heavy atom. The number of aryl methyl sites for hydroxylation is 1. The number of hydrogen-bond acceptors (Lipinski definition) is 2. The molecular formula is C31H41F9MoNO2+. The molecule has 44 heavy (non-hydrogen) atoms. The molecule has 13 heteroatoms. The fourth-order valence-corrected chi connectivity index (χ4v) is 5.40. The van der Waals surface area contributed by atoms with Gasteiger partial charge in [-0.25, -0.2) is 4.89 Å². The van der Waals surface area contributed by atoms with E-state index in [0.717, 1.165) is 12.8 Å². The second-order valence-electron chi connectivity index (χ2n) is 11.6. The normalized spacial score (nSPS) is 13.9. The first kappa shape index (κ1) is 40.1. The number of nitrogens with zero attached hydrogens (tertiary/aromatic N) is 1. The Labute approximate surface area is 261 Å². The second kappa shape index (κ2) is 15.6. The summed E-state index contributed by atoms with van der Waals surface area (Å²) < 4.78 is 118. The molecule has 0 spiro atoms. The molecule has 1 atom stereocenters. The van der Waals surface area contributed by atoms with Crippen molar-refractivity contribution in [2.45, 2.75) is 116 Å². The van der Waals surface area contributed by atoms with E-state index >= 15 is 0 Å². The zero-order valence-electron chi connectivity index (χ0n) is 26.0. The number of halogens is 9. The van der Waals surface area contributed by atoms with Gasteiger partial charge in [0.15, 0.2) is 0 Å². The van der Waals surface area contributed by atoms with Gasteiger partial charge in [0.05, 0.1) is 0 Å². The third-order valence-corrected chi connectivity index (χ3v) is 9.47. The topological polar surface area (TPSA) is 34.4 Å². The van der Waals surface area contributed by atoms with Gasteiger partial charge in [0, 0.05) is 13.8 Å². The van der Waals surface area contributed by atoms with Gasteiger partial charge >= 0.3 is 186 Å². The first-order valence-electron chi connectivity index (χ1n) is 13.9. The molecule has 2 rings (SSSR count). The summed E-state index contributed by atoms with van der Waals surface area (Å²) in [7, 11) is 0. The van der Waals surface area contributed by atoms with Gasteiger partial charge in [-0.15, -0.1) is 0 Å². The van der Waals surface area contributed by atoms with Gasteiger partial charge in [0.2, 0.25) is 0 Å². The van der Waals surface area contributed by atoms with Crippen LogP contribution in [0.25, 0.3) is 0 Å². The van der Waals surface area contributed by atoms with Crippen LogP contribution in [0.4, 0.5) is 45.2 Å². The minimum absolute atomic E-state index is 0.0865. The third kappa shape index (κ3) is 10.6. The van der Waals surface area contributed by atoms with E-state index in [2.05, 4.69) is 97.3 Å². The molecule has 0 aliphatic carbocycles. The molecule has 3 nitrogen and oxygen atoms in total. The van der Waals surface area contributed by atoms with Crippen LogP contribution in [0.2, 0.25) is 0 Å². The maximum absolute atomic E-state index is 12.3. The van der Waals surface area contributed by atoms with Crippen molar-refractivity contribution in [1.82, 2.24) is 0 Å². The van der Waals surface area contributed by atoms with Gasteiger partial charge in [0.1, 0.15) is 0 Å². The summed E-state index contributed by atoms with van der Waals surface area (Å²) in [5, 5.41) is 0. The van der Waals surface area contributed by atoms with Crippen molar-refractivity contribution in [2.24, 2.45) is 3.50 Å². The van der Waals surface area contributed by atoms with Gasteiger partial charge in [-0.2, -0.15) is 39.5 Å². The van der Waals surface area contributed by atoms with Crippen LogP contribution in [0.15, 0.2) is 52.0 Å². The Morgan fingerprint density at radius 1 is 0.795 bits per heavy atom. The summed E-state index contributed by atoms with van der Waals surface area (Å²) in [5.74, 6) is 0.574. The Bertz CT molecular complexity index is 1230. The van der Waals surface area contributed by atoms with Gasteiger partial charge in [0.25, 0.3) is 5.60 Å². The molecule has 1 unspecified atom stereocenters. The molecule has 0 heterocycles. The molecule has 0 saturated heterocycles. The van der Waals surface area contributed by atoms with Crippen molar-refractivity contribution < 1.29 is 67.2 Å². The molecule has 2 aromatic carbocycles. The van der Waals surface area contributed by atoms with E-state index in [4.69, 9.17) is 3.50 Å². The van der Waals surface area contributed by atoms with Crippen molar-refractivity contribution in [3.63, 3.8) is 0 Å². The Balaban J connectivity index is 0.000000459. The summed E-state index contributed by atoms with van der Waals surface area (Å²) in [6.07, 6.45) is -13.7. The van der Waals surface area contributed by atoms with E-state index in [1.54, 1.807) is 0 Å². The summed E-state index contributed by atoms with van der Waals surface area (Å²) in [5.41, 5.74) is -2.42. The molecule has 0 radical (unpaired) electrons. The molecule has 0 aliphatic heterocycles. The number of benzene rings is 2. The van der Waals surface area contributed by atoms with Crippen LogP contribution in [0, 0.1) is 0 Å². The van der Waals surface area contributed by atoms with Crippen molar-refractivity contribution in [3.05, 3.63) is 65.2 Å². The summed E-state index contributed by atoms with van der Waals surface area (Å²) in [4.78, 5) is 5.27. The molecule has 1 N–H and O–H groups in total. The van der Waals surface area contributed by atoms with Gasteiger partial charge in [-0.3, -0.25) is 0 Å². The fraction of sp³-hybridized carbons (Fsp3) is 0.581. The third-order valence-electron chi connectivity index (χ3n) is 7.05. The van der Waals surface area contributed by atoms with Crippen molar-refractivity contribution in [2.75, 3.05) is 0 Å². The number of alkyl halides is 9. The van der Waals surface area contributed by atoms with Gasteiger partial charge < -0.3 is 0 Å². The fourth-order valence-electron chi connectivity index (χ4n) is 3.48. The van der Waals surface area contributed by atoms with E-state index in [9.17, 15) is 39.5 Å². The molecule has 0 saturated carbocycles. The monoisotopic (exact) mass is 728 g/mol. The molecule has 0 aromatic heterocycles. The van der Waals surface area contributed by atoms with Crippen molar-refractivity contribution in [1.29, 1.82) is 0 Å². The summed E-state index contributed by atoms with van der Waals surface area (Å²) in [6, 6.07) is 17.5. The molecule has 0 fully saturated rings. The SMILES string of the molecule is CC(C)([OH+]OC(C)(C(F)(F)F)C(F)(F)F)C(F)(F)F.CCCc1cccc(C(C)CC)c1[N]=[Mo]=[CH]C(C)(C)c1ccccc1. The average molecular weight is 727 g/mol. The maximum atomic E-state index is 12.3. The standard InChI is InChI=1S/C13H19N.C10H12.C8H9F9O2.Mo/c1-4-7-11-8-6-9-12(13(11)14)10(3)5-2;1-10(2,3)9-7-5-4-6-8-9;1-4(2,6(9,10)11)18-19-5(3,7(12,13)14)8(15,16)17;/h6,8-10H,4-5,7H2,1-3H3;1,4-8H,2-3H3;1-3H3;/p+1. The van der Waals surface area contributed by atoms with Gasteiger partial charge in [-0.05, 0) is 6.92 Å². The quantitative estimate of drug-likeness (QED) is 0.0789. The zero-order chi connectivity index (χ0) is 34.2. The molecule has 250 valence electrons. The van der Waals surface area contributed by atoms with Crippen molar-refractivity contribution in [3.8, 4) is 0 Å². The first-order valence-corrected chi connectivity index (χ1v) is 16.0. The van der Waals surface area contributed by atoms with E-state index < -0.39 is 54.6 Å². The van der Waals surface area contributed by atoms with E-state index in [1.807, 2.05) is 0 Å². The predicted molar refractivity (Wildman–Crippen MR) is 151 cm³/mol. The average Bonchev–Trinajstić information content (AvgIpc) is 2.91. The minimum atomic E-state index is -5.98. The van der Waals surface area contributed by atoms with Crippen LogP contribution >= 0.6 is 0 Å². The van der Waals surface area contributed by atoms with Crippen LogP contribution in [-0.4, -0.2) is 39.0 Å². The van der Waals surface area contributed by atoms with E-state index in [1.165, 1.54) is 28.8 Å². The Morgan fingerprint density at radius 2 is 1.34 bits per heavy atom. The second-order valence-corrected chi connectivity index (χ2v) is 13.1. The number of aliphatic hydroxyl groups is 1. The van der Waals surface area contributed by atoms with Crippen LogP contribution in [0.3, 0.4) is 0 Å². The number of rotatable bonds is 10. The molecule has 0 bridgehead atoms. The van der Waals surface area contributed by atoms with E-state index in [-0.39, 0.29) is 19.3 Å². The first-order chi connectivity index (χ1) is 19.9. The Kier molecular flexibility index (Phi) is 14.2. The van der Waals surface area contributed by atoms with Crippen LogP contribution in [0.1, 0.15) is 90.8 Å².